The van der Waals surface area contributed by atoms with Gasteiger partial charge in [0.05, 0.1) is 6.61 Å². The maximum absolute atomic E-state index is 11.4. The summed E-state index contributed by atoms with van der Waals surface area (Å²) in [5, 5.41) is 2.42. The first-order valence-corrected chi connectivity index (χ1v) is 6.15. The molecule has 3 N–H and O–H groups in total. The standard InChI is InChI=1S/C12H24N2O4/c1-5-6-7-17-10(15)9(13)8-14-11(16)18-12(2,3)4/h9H,5-8,13H2,1-4H3,(H,14,16). The Balaban J connectivity index is 3.84. The van der Waals surface area contributed by atoms with Crippen LogP contribution >= 0.6 is 0 Å². The first-order valence-electron chi connectivity index (χ1n) is 6.15. The number of unbranched alkanes of at least 4 members (excludes halogenated alkanes) is 1. The minimum atomic E-state index is -0.866. The molecule has 0 aromatic rings. The van der Waals surface area contributed by atoms with Gasteiger partial charge in [0.15, 0.2) is 0 Å². The molecule has 0 aliphatic carbocycles. The summed E-state index contributed by atoms with van der Waals surface area (Å²) in [7, 11) is 0. The molecule has 0 aromatic heterocycles. The van der Waals surface area contributed by atoms with Crippen LogP contribution in [0.5, 0.6) is 0 Å². The third kappa shape index (κ3) is 8.81. The molecule has 0 aromatic carbocycles. The fourth-order valence-corrected chi connectivity index (χ4v) is 1.01. The SMILES string of the molecule is CCCCOC(=O)C(N)CNC(=O)OC(C)(C)C. The maximum atomic E-state index is 11.4. The number of hydrogen-bond donors (Lipinski definition) is 2. The topological polar surface area (TPSA) is 90.6 Å². The molecule has 0 aliphatic heterocycles. The van der Waals surface area contributed by atoms with Crippen molar-refractivity contribution in [3.8, 4) is 0 Å². The van der Waals surface area contributed by atoms with Crippen molar-refractivity contribution in [3.05, 3.63) is 0 Å². The van der Waals surface area contributed by atoms with Crippen LogP contribution < -0.4 is 11.1 Å². The van der Waals surface area contributed by atoms with Crippen LogP contribution in [-0.2, 0) is 14.3 Å². The van der Waals surface area contributed by atoms with Crippen molar-refractivity contribution >= 4 is 12.1 Å². The minimum Gasteiger partial charge on any atom is -0.464 e. The Bertz CT molecular complexity index is 274. The van der Waals surface area contributed by atoms with Crippen molar-refractivity contribution in [2.45, 2.75) is 52.2 Å². The highest BCUT2D eigenvalue weighted by atomic mass is 16.6. The van der Waals surface area contributed by atoms with Crippen LogP contribution in [0.15, 0.2) is 0 Å². The summed E-state index contributed by atoms with van der Waals surface area (Å²) in [5.41, 5.74) is 4.99. The molecule has 0 radical (unpaired) electrons. The van der Waals surface area contributed by atoms with E-state index in [2.05, 4.69) is 5.32 Å². The van der Waals surface area contributed by atoms with Gasteiger partial charge in [0.25, 0.3) is 0 Å². The largest absolute Gasteiger partial charge is 0.464 e. The molecule has 0 spiro atoms. The highest BCUT2D eigenvalue weighted by molar-refractivity contribution is 5.77. The number of amides is 1. The predicted molar refractivity (Wildman–Crippen MR) is 68.1 cm³/mol. The fourth-order valence-electron chi connectivity index (χ4n) is 1.01. The van der Waals surface area contributed by atoms with Crippen LogP contribution in [0.1, 0.15) is 40.5 Å². The van der Waals surface area contributed by atoms with Gasteiger partial charge in [-0.1, -0.05) is 13.3 Å². The van der Waals surface area contributed by atoms with E-state index >= 15 is 0 Å². The number of ether oxygens (including phenoxy) is 2. The molecule has 106 valence electrons. The summed E-state index contributed by atoms with van der Waals surface area (Å²) in [5.74, 6) is -0.514. The number of carbonyl (C=O) groups excluding carboxylic acids is 2. The van der Waals surface area contributed by atoms with Gasteiger partial charge in [-0.15, -0.1) is 0 Å². The molecular formula is C12H24N2O4. The molecule has 6 nitrogen and oxygen atoms in total. The third-order valence-corrected chi connectivity index (χ3v) is 1.91. The second-order valence-corrected chi connectivity index (χ2v) is 5.01. The summed E-state index contributed by atoms with van der Waals surface area (Å²) in [4.78, 5) is 22.7. The number of nitrogens with two attached hydrogens (primary N) is 1. The van der Waals surface area contributed by atoms with E-state index in [0.717, 1.165) is 12.8 Å². The van der Waals surface area contributed by atoms with E-state index in [1.54, 1.807) is 20.8 Å². The minimum absolute atomic E-state index is 0.000127. The third-order valence-electron chi connectivity index (χ3n) is 1.91. The van der Waals surface area contributed by atoms with Gasteiger partial charge in [-0.05, 0) is 27.2 Å². The van der Waals surface area contributed by atoms with Gasteiger partial charge >= 0.3 is 12.1 Å². The molecule has 6 heteroatoms. The van der Waals surface area contributed by atoms with E-state index in [0.29, 0.717) is 6.61 Å². The zero-order chi connectivity index (χ0) is 14.2. The van der Waals surface area contributed by atoms with E-state index in [1.165, 1.54) is 0 Å². The summed E-state index contributed by atoms with van der Waals surface area (Å²) < 4.78 is 9.93. The lowest BCUT2D eigenvalue weighted by molar-refractivity contribution is -0.145. The van der Waals surface area contributed by atoms with Crippen LogP contribution in [0.25, 0.3) is 0 Å². The Hall–Kier alpha value is -1.30. The molecule has 0 fully saturated rings. The smallest absolute Gasteiger partial charge is 0.407 e. The van der Waals surface area contributed by atoms with Crippen LogP contribution in [0.3, 0.4) is 0 Å². The van der Waals surface area contributed by atoms with E-state index in [-0.39, 0.29) is 6.54 Å². The molecule has 0 saturated carbocycles. The van der Waals surface area contributed by atoms with Crippen LogP contribution in [0, 0.1) is 0 Å². The Kier molecular flexibility index (Phi) is 7.35. The summed E-state index contributed by atoms with van der Waals surface area (Å²) >= 11 is 0. The summed E-state index contributed by atoms with van der Waals surface area (Å²) in [6.45, 7) is 7.62. The van der Waals surface area contributed by atoms with Gasteiger partial charge in [-0.25, -0.2) is 4.79 Å². The second-order valence-electron chi connectivity index (χ2n) is 5.01. The highest BCUT2D eigenvalue weighted by Gasteiger charge is 2.19. The van der Waals surface area contributed by atoms with Gasteiger partial charge in [-0.3, -0.25) is 4.79 Å². The average Bonchev–Trinajstić information content (AvgIpc) is 2.23. The van der Waals surface area contributed by atoms with Gasteiger partial charge in [0.2, 0.25) is 0 Å². The van der Waals surface area contributed by atoms with Crippen LogP contribution in [0.4, 0.5) is 4.79 Å². The number of hydrogen-bond acceptors (Lipinski definition) is 5. The van der Waals surface area contributed by atoms with Crippen molar-refractivity contribution in [2.75, 3.05) is 13.2 Å². The van der Waals surface area contributed by atoms with Gasteiger partial charge in [0.1, 0.15) is 11.6 Å². The van der Waals surface area contributed by atoms with E-state index in [9.17, 15) is 9.59 Å². The van der Waals surface area contributed by atoms with Gasteiger partial charge < -0.3 is 20.5 Å². The maximum Gasteiger partial charge on any atom is 0.407 e. The van der Waals surface area contributed by atoms with E-state index in [1.807, 2.05) is 6.92 Å². The normalized spacial score (nSPS) is 12.7. The van der Waals surface area contributed by atoms with Crippen LogP contribution in [0.2, 0.25) is 0 Å². The molecular weight excluding hydrogens is 236 g/mol. The second kappa shape index (κ2) is 7.92. The number of esters is 1. The van der Waals surface area contributed by atoms with Gasteiger partial charge in [-0.2, -0.15) is 0 Å². The lowest BCUT2D eigenvalue weighted by Crippen LogP contribution is -2.44. The molecule has 1 unspecified atom stereocenters. The Morgan fingerprint density at radius 3 is 2.44 bits per heavy atom. The predicted octanol–water partition coefficient (Wildman–Crippen LogP) is 1.18. The Morgan fingerprint density at radius 1 is 1.33 bits per heavy atom. The van der Waals surface area contributed by atoms with Crippen molar-refractivity contribution in [2.24, 2.45) is 5.73 Å². The van der Waals surface area contributed by atoms with E-state index < -0.39 is 23.7 Å². The quantitative estimate of drug-likeness (QED) is 0.553. The van der Waals surface area contributed by atoms with Crippen molar-refractivity contribution < 1.29 is 19.1 Å². The first kappa shape index (κ1) is 16.7. The lowest BCUT2D eigenvalue weighted by atomic mass is 10.2. The zero-order valence-corrected chi connectivity index (χ0v) is 11.6. The Morgan fingerprint density at radius 2 is 1.94 bits per heavy atom. The zero-order valence-electron chi connectivity index (χ0n) is 11.6. The fraction of sp³-hybridized carbons (Fsp3) is 0.833. The molecule has 0 bridgehead atoms. The number of carbonyl (C=O) groups is 2. The van der Waals surface area contributed by atoms with Crippen molar-refractivity contribution in [3.63, 3.8) is 0 Å². The Labute approximate surface area is 108 Å². The molecule has 0 rings (SSSR count). The monoisotopic (exact) mass is 260 g/mol. The molecule has 1 atom stereocenters. The first-order chi connectivity index (χ1) is 8.26. The molecule has 0 saturated heterocycles. The van der Waals surface area contributed by atoms with Crippen molar-refractivity contribution in [1.82, 2.24) is 5.32 Å². The number of rotatable bonds is 6. The average molecular weight is 260 g/mol. The number of nitrogens with one attached hydrogen (secondary N) is 1. The number of alkyl carbamates (subject to hydrolysis) is 1. The molecule has 18 heavy (non-hydrogen) atoms. The molecule has 1 amide bonds. The van der Waals surface area contributed by atoms with Crippen molar-refractivity contribution in [1.29, 1.82) is 0 Å². The summed E-state index contributed by atoms with van der Waals surface area (Å²) in [6.07, 6.45) is 1.15. The van der Waals surface area contributed by atoms with Crippen LogP contribution in [-0.4, -0.2) is 36.9 Å². The summed E-state index contributed by atoms with van der Waals surface area (Å²) in [6, 6.07) is -0.866. The van der Waals surface area contributed by atoms with E-state index in [4.69, 9.17) is 15.2 Å². The lowest BCUT2D eigenvalue weighted by Gasteiger charge is -2.20. The molecule has 0 aliphatic rings. The molecule has 0 heterocycles. The van der Waals surface area contributed by atoms with Gasteiger partial charge in [0, 0.05) is 6.54 Å². The highest BCUT2D eigenvalue weighted by Crippen LogP contribution is 2.06.